The minimum absolute atomic E-state index is 0.657. The maximum absolute atomic E-state index is 4.42. The molecule has 3 nitrogen and oxygen atoms in total. The first-order chi connectivity index (χ1) is 7.90. The van der Waals surface area contributed by atoms with E-state index in [1.165, 1.54) is 37.4 Å². The zero-order chi connectivity index (χ0) is 11.2. The van der Waals surface area contributed by atoms with Crippen LogP contribution in [0.3, 0.4) is 0 Å². The summed E-state index contributed by atoms with van der Waals surface area (Å²) < 4.78 is 0. The third kappa shape index (κ3) is 3.19. The van der Waals surface area contributed by atoms with Gasteiger partial charge < -0.3 is 10.2 Å². The summed E-state index contributed by atoms with van der Waals surface area (Å²) in [6.07, 6.45) is 7.10. The number of nitrogens with one attached hydrogen (secondary N) is 1. The molecule has 0 aliphatic carbocycles. The van der Waals surface area contributed by atoms with Gasteiger partial charge in [0.1, 0.15) is 0 Å². The van der Waals surface area contributed by atoms with Gasteiger partial charge in [0.25, 0.3) is 0 Å². The SMILES string of the molecule is CCCN(CC1CCCCN1)c1nccs1. The Morgan fingerprint density at radius 2 is 2.50 bits per heavy atom. The van der Waals surface area contributed by atoms with Crippen LogP contribution in [-0.4, -0.2) is 30.7 Å². The molecule has 1 aliphatic rings. The lowest BCUT2D eigenvalue weighted by Gasteiger charge is -2.30. The molecule has 1 fully saturated rings. The largest absolute Gasteiger partial charge is 0.347 e. The molecule has 1 atom stereocenters. The number of piperidine rings is 1. The van der Waals surface area contributed by atoms with E-state index in [1.54, 1.807) is 11.3 Å². The Bertz CT molecular complexity index is 280. The summed E-state index contributed by atoms with van der Waals surface area (Å²) in [5.74, 6) is 0. The summed E-state index contributed by atoms with van der Waals surface area (Å²) in [6, 6.07) is 0.657. The molecule has 1 N–H and O–H groups in total. The number of aromatic nitrogens is 1. The van der Waals surface area contributed by atoms with E-state index in [1.807, 2.05) is 6.20 Å². The Kier molecular flexibility index (Phi) is 4.60. The van der Waals surface area contributed by atoms with E-state index in [4.69, 9.17) is 0 Å². The number of thiazole rings is 1. The first kappa shape index (κ1) is 11.9. The van der Waals surface area contributed by atoms with Crippen LogP contribution in [0.4, 0.5) is 5.13 Å². The van der Waals surface area contributed by atoms with Gasteiger partial charge in [0.2, 0.25) is 0 Å². The second kappa shape index (κ2) is 6.21. The van der Waals surface area contributed by atoms with Crippen molar-refractivity contribution in [2.45, 2.75) is 38.6 Å². The van der Waals surface area contributed by atoms with Gasteiger partial charge in [0, 0.05) is 30.7 Å². The Morgan fingerprint density at radius 3 is 3.12 bits per heavy atom. The molecule has 0 spiro atoms. The average Bonchev–Trinajstić information content (AvgIpc) is 2.83. The van der Waals surface area contributed by atoms with E-state index < -0.39 is 0 Å². The molecule has 1 aliphatic heterocycles. The molecular formula is C12H21N3S. The van der Waals surface area contributed by atoms with Crippen LogP contribution in [0.2, 0.25) is 0 Å². The Labute approximate surface area is 102 Å². The van der Waals surface area contributed by atoms with Gasteiger partial charge in [-0.05, 0) is 25.8 Å². The summed E-state index contributed by atoms with van der Waals surface area (Å²) in [4.78, 5) is 6.84. The minimum Gasteiger partial charge on any atom is -0.347 e. The van der Waals surface area contributed by atoms with Crippen LogP contribution in [-0.2, 0) is 0 Å². The second-order valence-electron chi connectivity index (χ2n) is 4.41. The fourth-order valence-electron chi connectivity index (χ4n) is 2.25. The van der Waals surface area contributed by atoms with Crippen LogP contribution in [0.15, 0.2) is 11.6 Å². The highest BCUT2D eigenvalue weighted by atomic mass is 32.1. The van der Waals surface area contributed by atoms with Crippen molar-refractivity contribution in [1.82, 2.24) is 10.3 Å². The van der Waals surface area contributed by atoms with Gasteiger partial charge in [0.05, 0.1) is 0 Å². The van der Waals surface area contributed by atoms with Crippen LogP contribution in [0.5, 0.6) is 0 Å². The highest BCUT2D eigenvalue weighted by molar-refractivity contribution is 7.13. The van der Waals surface area contributed by atoms with Gasteiger partial charge >= 0.3 is 0 Å². The molecule has 1 aromatic heterocycles. The first-order valence-electron chi connectivity index (χ1n) is 6.28. The number of hydrogen-bond donors (Lipinski definition) is 1. The molecule has 0 aromatic carbocycles. The molecule has 1 saturated heterocycles. The van der Waals surface area contributed by atoms with Crippen LogP contribution in [0, 0.1) is 0 Å². The van der Waals surface area contributed by atoms with Crippen molar-refractivity contribution in [3.8, 4) is 0 Å². The summed E-state index contributed by atoms with van der Waals surface area (Å²) in [5, 5.41) is 6.84. The van der Waals surface area contributed by atoms with E-state index in [2.05, 4.69) is 27.5 Å². The minimum atomic E-state index is 0.657. The molecule has 0 amide bonds. The van der Waals surface area contributed by atoms with Crippen LogP contribution < -0.4 is 10.2 Å². The van der Waals surface area contributed by atoms with E-state index in [-0.39, 0.29) is 0 Å². The molecule has 90 valence electrons. The van der Waals surface area contributed by atoms with Crippen molar-refractivity contribution in [3.05, 3.63) is 11.6 Å². The van der Waals surface area contributed by atoms with Crippen molar-refractivity contribution < 1.29 is 0 Å². The van der Waals surface area contributed by atoms with Crippen LogP contribution in [0.1, 0.15) is 32.6 Å². The summed E-state index contributed by atoms with van der Waals surface area (Å²) in [5.41, 5.74) is 0. The fraction of sp³-hybridized carbons (Fsp3) is 0.750. The number of anilines is 1. The van der Waals surface area contributed by atoms with Crippen molar-refractivity contribution in [2.24, 2.45) is 0 Å². The Hall–Kier alpha value is -0.610. The molecule has 4 heteroatoms. The lowest BCUT2D eigenvalue weighted by atomic mass is 10.0. The Balaban J connectivity index is 1.91. The molecular weight excluding hydrogens is 218 g/mol. The van der Waals surface area contributed by atoms with Gasteiger partial charge in [-0.3, -0.25) is 0 Å². The van der Waals surface area contributed by atoms with Crippen molar-refractivity contribution in [3.63, 3.8) is 0 Å². The van der Waals surface area contributed by atoms with Crippen LogP contribution in [0.25, 0.3) is 0 Å². The monoisotopic (exact) mass is 239 g/mol. The lowest BCUT2D eigenvalue weighted by molar-refractivity contribution is 0.399. The average molecular weight is 239 g/mol. The standard InChI is InChI=1S/C12H21N3S/c1-2-8-15(12-14-7-9-16-12)10-11-5-3-4-6-13-11/h7,9,11,13H,2-6,8,10H2,1H3. The zero-order valence-electron chi connectivity index (χ0n) is 9.98. The molecule has 0 saturated carbocycles. The predicted molar refractivity (Wildman–Crippen MR) is 70.3 cm³/mol. The van der Waals surface area contributed by atoms with E-state index >= 15 is 0 Å². The van der Waals surface area contributed by atoms with Gasteiger partial charge in [-0.1, -0.05) is 13.3 Å². The van der Waals surface area contributed by atoms with Crippen LogP contribution >= 0.6 is 11.3 Å². The topological polar surface area (TPSA) is 28.2 Å². The maximum atomic E-state index is 4.42. The summed E-state index contributed by atoms with van der Waals surface area (Å²) in [6.45, 7) is 5.64. The normalized spacial score (nSPS) is 20.9. The van der Waals surface area contributed by atoms with Crippen molar-refractivity contribution >= 4 is 16.5 Å². The molecule has 16 heavy (non-hydrogen) atoms. The molecule has 2 heterocycles. The zero-order valence-corrected chi connectivity index (χ0v) is 10.8. The Morgan fingerprint density at radius 1 is 1.56 bits per heavy atom. The third-order valence-corrected chi connectivity index (χ3v) is 3.87. The summed E-state index contributed by atoms with van der Waals surface area (Å²) >= 11 is 1.75. The van der Waals surface area contributed by atoms with Gasteiger partial charge in [-0.15, -0.1) is 11.3 Å². The highest BCUT2D eigenvalue weighted by Crippen LogP contribution is 2.19. The summed E-state index contributed by atoms with van der Waals surface area (Å²) in [7, 11) is 0. The van der Waals surface area contributed by atoms with E-state index in [0.29, 0.717) is 6.04 Å². The molecule has 0 bridgehead atoms. The lowest BCUT2D eigenvalue weighted by Crippen LogP contribution is -2.44. The number of rotatable bonds is 5. The smallest absolute Gasteiger partial charge is 0.185 e. The van der Waals surface area contributed by atoms with E-state index in [0.717, 1.165) is 13.1 Å². The molecule has 1 aromatic rings. The highest BCUT2D eigenvalue weighted by Gasteiger charge is 2.17. The molecule has 2 rings (SSSR count). The molecule has 0 radical (unpaired) electrons. The van der Waals surface area contributed by atoms with Crippen molar-refractivity contribution in [1.29, 1.82) is 0 Å². The fourth-order valence-corrected chi connectivity index (χ4v) is 2.93. The predicted octanol–water partition coefficient (Wildman–Crippen LogP) is 2.50. The maximum Gasteiger partial charge on any atom is 0.185 e. The third-order valence-electron chi connectivity index (χ3n) is 3.04. The number of hydrogen-bond acceptors (Lipinski definition) is 4. The van der Waals surface area contributed by atoms with Gasteiger partial charge in [-0.2, -0.15) is 0 Å². The van der Waals surface area contributed by atoms with E-state index in [9.17, 15) is 0 Å². The first-order valence-corrected chi connectivity index (χ1v) is 7.16. The second-order valence-corrected chi connectivity index (χ2v) is 5.28. The molecule has 1 unspecified atom stereocenters. The van der Waals surface area contributed by atoms with Crippen molar-refractivity contribution in [2.75, 3.05) is 24.5 Å². The van der Waals surface area contributed by atoms with Gasteiger partial charge in [-0.25, -0.2) is 4.98 Å². The van der Waals surface area contributed by atoms with Gasteiger partial charge in [0.15, 0.2) is 5.13 Å². The number of nitrogens with zero attached hydrogens (tertiary/aromatic N) is 2. The quantitative estimate of drug-likeness (QED) is 0.855.